The number of hydrogen-bond donors (Lipinski definition) is 4. The lowest BCUT2D eigenvalue weighted by atomic mass is 9.95. The van der Waals surface area contributed by atoms with Gasteiger partial charge in [0.25, 0.3) is 0 Å². The van der Waals surface area contributed by atoms with Gasteiger partial charge in [-0.3, -0.25) is 0 Å². The molecule has 1 aliphatic rings. The second-order valence-electron chi connectivity index (χ2n) is 3.25. The Kier molecular flexibility index (Phi) is 3.17. The molecule has 4 atom stereocenters. The number of aliphatic hydroxyl groups excluding tert-OH is 4. The van der Waals surface area contributed by atoms with E-state index in [9.17, 15) is 15.0 Å². The maximum atomic E-state index is 11.4. The standard InChI is InChI=1S/C8H14O7/c1-14-7(13)8(3-10)6(12)5(11)4(2-9)15-8/h4-6,9-12H,2-3H2,1H3/t4-,5-,6+,8?/m1/s1/i1D. The zero-order valence-corrected chi connectivity index (χ0v) is 7.87. The van der Waals surface area contributed by atoms with Gasteiger partial charge in [0.15, 0.2) is 0 Å². The summed E-state index contributed by atoms with van der Waals surface area (Å²) in [6.45, 7) is -1.53. The Labute approximate surface area is 87.3 Å². The first-order valence-corrected chi connectivity index (χ1v) is 4.25. The van der Waals surface area contributed by atoms with E-state index in [4.69, 9.17) is 16.3 Å². The minimum Gasteiger partial charge on any atom is -0.467 e. The minimum absolute atomic E-state index is 0.617. The van der Waals surface area contributed by atoms with Crippen molar-refractivity contribution in [1.82, 2.24) is 0 Å². The van der Waals surface area contributed by atoms with Crippen molar-refractivity contribution in [3.63, 3.8) is 0 Å². The summed E-state index contributed by atoms with van der Waals surface area (Å²) < 4.78 is 15.9. The number of hydrogen-bond acceptors (Lipinski definition) is 7. The Bertz CT molecular complexity index is 261. The summed E-state index contributed by atoms with van der Waals surface area (Å²) in [6.07, 6.45) is -4.40. The van der Waals surface area contributed by atoms with Gasteiger partial charge in [0.2, 0.25) is 5.60 Å². The summed E-state index contributed by atoms with van der Waals surface area (Å²) in [4.78, 5) is 11.4. The van der Waals surface area contributed by atoms with Crippen molar-refractivity contribution in [3.8, 4) is 0 Å². The minimum atomic E-state index is -2.13. The van der Waals surface area contributed by atoms with Crippen LogP contribution < -0.4 is 0 Å². The van der Waals surface area contributed by atoms with E-state index in [1.165, 1.54) is 0 Å². The molecule has 0 aromatic heterocycles. The van der Waals surface area contributed by atoms with E-state index in [0.29, 0.717) is 0 Å². The van der Waals surface area contributed by atoms with Gasteiger partial charge in [-0.05, 0) is 0 Å². The molecule has 7 nitrogen and oxygen atoms in total. The molecule has 1 aliphatic heterocycles. The quantitative estimate of drug-likeness (QED) is 0.377. The predicted molar refractivity (Wildman–Crippen MR) is 45.8 cm³/mol. The molecule has 0 aromatic carbocycles. The first kappa shape index (κ1) is 10.8. The lowest BCUT2D eigenvalue weighted by molar-refractivity contribution is -0.184. The smallest absolute Gasteiger partial charge is 0.343 e. The summed E-state index contributed by atoms with van der Waals surface area (Å²) in [5, 5.41) is 36.9. The van der Waals surface area contributed by atoms with Gasteiger partial charge >= 0.3 is 5.97 Å². The Morgan fingerprint density at radius 3 is 2.67 bits per heavy atom. The largest absolute Gasteiger partial charge is 0.467 e. The van der Waals surface area contributed by atoms with Crippen LogP contribution >= 0.6 is 0 Å². The highest BCUT2D eigenvalue weighted by atomic mass is 16.6. The molecule has 1 heterocycles. The van der Waals surface area contributed by atoms with E-state index < -0.39 is 50.2 Å². The number of ether oxygens (including phenoxy) is 2. The Morgan fingerprint density at radius 1 is 1.60 bits per heavy atom. The third-order valence-corrected chi connectivity index (χ3v) is 2.44. The SMILES string of the molecule is [2H]COC(=O)C1(CO)O[C@H](CO)[C@@H](O)[C@@H]1O. The molecule has 0 aliphatic carbocycles. The highest BCUT2D eigenvalue weighted by Gasteiger charge is 2.59. The van der Waals surface area contributed by atoms with Gasteiger partial charge in [0.1, 0.15) is 18.3 Å². The highest BCUT2D eigenvalue weighted by Crippen LogP contribution is 2.32. The van der Waals surface area contributed by atoms with Crippen LogP contribution in [0.2, 0.25) is 0 Å². The van der Waals surface area contributed by atoms with E-state index in [2.05, 4.69) is 4.74 Å². The number of rotatable bonds is 3. The van der Waals surface area contributed by atoms with Crippen molar-refractivity contribution in [3.05, 3.63) is 0 Å². The molecule has 1 fully saturated rings. The summed E-state index contributed by atoms with van der Waals surface area (Å²) in [7, 11) is -0.698. The molecular formula is C8H14O7. The number of carbonyl (C=O) groups excluding carboxylic acids is 1. The van der Waals surface area contributed by atoms with Crippen molar-refractivity contribution in [2.45, 2.75) is 23.9 Å². The summed E-state index contributed by atoms with van der Waals surface area (Å²) in [5.41, 5.74) is -2.13. The second-order valence-corrected chi connectivity index (χ2v) is 3.25. The van der Waals surface area contributed by atoms with Crippen molar-refractivity contribution in [2.75, 3.05) is 20.3 Å². The Balaban J connectivity index is 2.92. The van der Waals surface area contributed by atoms with Gasteiger partial charge in [0.05, 0.1) is 21.7 Å². The maximum Gasteiger partial charge on any atom is 0.343 e. The monoisotopic (exact) mass is 223 g/mol. The molecule has 1 saturated heterocycles. The molecule has 0 amide bonds. The summed E-state index contributed by atoms with van der Waals surface area (Å²) >= 11 is 0. The fraction of sp³-hybridized carbons (Fsp3) is 0.875. The van der Waals surface area contributed by atoms with E-state index >= 15 is 0 Å². The van der Waals surface area contributed by atoms with Crippen molar-refractivity contribution < 1.29 is 36.1 Å². The lowest BCUT2D eigenvalue weighted by Crippen LogP contribution is -2.53. The van der Waals surface area contributed by atoms with Gasteiger partial charge in [-0.1, -0.05) is 0 Å². The van der Waals surface area contributed by atoms with Crippen molar-refractivity contribution >= 4 is 5.97 Å². The fourth-order valence-corrected chi connectivity index (χ4v) is 1.52. The zero-order chi connectivity index (χ0) is 12.3. The first-order chi connectivity index (χ1) is 7.53. The number of esters is 1. The molecule has 0 saturated carbocycles. The van der Waals surface area contributed by atoms with E-state index in [0.717, 1.165) is 0 Å². The van der Waals surface area contributed by atoms with Gasteiger partial charge in [-0.2, -0.15) is 0 Å². The molecule has 88 valence electrons. The molecule has 0 radical (unpaired) electrons. The molecule has 0 spiro atoms. The number of aliphatic hydroxyl groups is 4. The van der Waals surface area contributed by atoms with Gasteiger partial charge < -0.3 is 29.9 Å². The summed E-state index contributed by atoms with van der Waals surface area (Å²) in [6, 6.07) is 0. The van der Waals surface area contributed by atoms with E-state index in [1.54, 1.807) is 0 Å². The zero-order valence-electron chi connectivity index (χ0n) is 8.87. The third-order valence-electron chi connectivity index (χ3n) is 2.44. The lowest BCUT2D eigenvalue weighted by Gasteiger charge is -2.26. The Morgan fingerprint density at radius 2 is 2.27 bits per heavy atom. The Hall–Kier alpha value is -0.730. The maximum absolute atomic E-state index is 11.4. The average Bonchev–Trinajstić information content (AvgIpc) is 2.54. The van der Waals surface area contributed by atoms with Gasteiger partial charge in [-0.25, -0.2) is 4.79 Å². The fourth-order valence-electron chi connectivity index (χ4n) is 1.52. The molecule has 0 bridgehead atoms. The first-order valence-electron chi connectivity index (χ1n) is 4.96. The molecule has 0 aromatic rings. The van der Waals surface area contributed by atoms with Gasteiger partial charge in [-0.15, -0.1) is 0 Å². The molecule has 15 heavy (non-hydrogen) atoms. The van der Waals surface area contributed by atoms with Crippen molar-refractivity contribution in [2.24, 2.45) is 0 Å². The van der Waals surface area contributed by atoms with Crippen LogP contribution in [0, 0.1) is 0 Å². The predicted octanol–water partition coefficient (Wildman–Crippen LogP) is -3.00. The average molecular weight is 223 g/mol. The third kappa shape index (κ3) is 1.72. The molecule has 1 unspecified atom stereocenters. The number of carbonyl (C=O) groups is 1. The number of methoxy groups -OCH3 is 1. The van der Waals surface area contributed by atoms with Crippen LogP contribution in [-0.4, -0.2) is 70.6 Å². The van der Waals surface area contributed by atoms with Gasteiger partial charge in [0, 0.05) is 0 Å². The molecule has 7 heteroatoms. The van der Waals surface area contributed by atoms with Crippen LogP contribution in [0.25, 0.3) is 0 Å². The normalized spacial score (nSPS) is 41.3. The van der Waals surface area contributed by atoms with Crippen LogP contribution in [0.15, 0.2) is 0 Å². The van der Waals surface area contributed by atoms with Crippen LogP contribution in [0.4, 0.5) is 0 Å². The van der Waals surface area contributed by atoms with Crippen LogP contribution in [0.1, 0.15) is 1.37 Å². The molecule has 1 rings (SSSR count). The van der Waals surface area contributed by atoms with Crippen molar-refractivity contribution in [1.29, 1.82) is 0 Å². The van der Waals surface area contributed by atoms with Crippen LogP contribution in [-0.2, 0) is 14.3 Å². The topological polar surface area (TPSA) is 116 Å². The van der Waals surface area contributed by atoms with E-state index in [-0.39, 0.29) is 0 Å². The van der Waals surface area contributed by atoms with Crippen LogP contribution in [0.3, 0.4) is 0 Å². The van der Waals surface area contributed by atoms with Crippen LogP contribution in [0.5, 0.6) is 0 Å². The van der Waals surface area contributed by atoms with E-state index in [1.807, 2.05) is 0 Å². The molecular weight excluding hydrogens is 208 g/mol. The molecule has 4 N–H and O–H groups in total. The summed E-state index contributed by atoms with van der Waals surface area (Å²) in [5.74, 6) is -1.15. The highest BCUT2D eigenvalue weighted by molar-refractivity contribution is 5.81. The second kappa shape index (κ2) is 4.42.